The molecule has 1 amide bonds. The number of rotatable bonds is 9. The number of aliphatic hydroxyl groups is 1. The molecular formula is C29H26N2O7. The van der Waals surface area contributed by atoms with Crippen LogP contribution in [0.3, 0.4) is 0 Å². The second-order valence-electron chi connectivity index (χ2n) is 8.62. The van der Waals surface area contributed by atoms with Crippen LogP contribution >= 0.6 is 0 Å². The first kappa shape index (κ1) is 24.9. The molecular weight excluding hydrogens is 488 g/mol. The molecule has 0 bridgehead atoms. The van der Waals surface area contributed by atoms with Gasteiger partial charge in [0.15, 0.2) is 34.4 Å². The average molecular weight is 515 g/mol. The van der Waals surface area contributed by atoms with E-state index in [2.05, 4.69) is 4.98 Å². The van der Waals surface area contributed by atoms with E-state index < -0.39 is 23.5 Å². The lowest BCUT2D eigenvalue weighted by atomic mass is 9.94. The number of aromatic nitrogens is 1. The number of Topliss-reactive ketones (excluding diaryl/α,β-unsaturated/α-hetero) is 1. The van der Waals surface area contributed by atoms with Crippen LogP contribution in [-0.4, -0.2) is 47.5 Å². The van der Waals surface area contributed by atoms with Gasteiger partial charge in [-0.3, -0.25) is 14.6 Å². The Morgan fingerprint density at radius 1 is 1.05 bits per heavy atom. The summed E-state index contributed by atoms with van der Waals surface area (Å²) >= 11 is 0. The zero-order valence-electron chi connectivity index (χ0n) is 21.1. The van der Waals surface area contributed by atoms with Crippen molar-refractivity contribution >= 4 is 22.7 Å². The molecule has 9 heteroatoms. The SMILES string of the molecule is CCOc1ccc(C2C(C(=O)c3cc4cccc(OC)c4o3)=C(O)C(=O)N2Cc2cccnc2)cc1OC. The van der Waals surface area contributed by atoms with Crippen LogP contribution in [0.1, 0.15) is 34.6 Å². The fourth-order valence-electron chi connectivity index (χ4n) is 4.65. The van der Waals surface area contributed by atoms with Crippen molar-refractivity contribution in [3.63, 3.8) is 0 Å². The highest BCUT2D eigenvalue weighted by Gasteiger charge is 2.45. The third kappa shape index (κ3) is 4.32. The normalized spacial score (nSPS) is 15.3. The van der Waals surface area contributed by atoms with E-state index in [0.717, 1.165) is 5.56 Å². The van der Waals surface area contributed by atoms with Crippen LogP contribution in [0.25, 0.3) is 11.0 Å². The van der Waals surface area contributed by atoms with E-state index in [1.807, 2.05) is 13.0 Å². The highest BCUT2D eigenvalue weighted by atomic mass is 16.5. The smallest absolute Gasteiger partial charge is 0.290 e. The maximum atomic E-state index is 13.9. The van der Waals surface area contributed by atoms with E-state index in [4.69, 9.17) is 18.6 Å². The second kappa shape index (κ2) is 10.3. The van der Waals surface area contributed by atoms with Gasteiger partial charge in [-0.05, 0) is 48.4 Å². The number of pyridine rings is 1. The lowest BCUT2D eigenvalue weighted by Gasteiger charge is -2.27. The number of carbonyl (C=O) groups is 2. The zero-order valence-corrected chi connectivity index (χ0v) is 21.1. The summed E-state index contributed by atoms with van der Waals surface area (Å²) in [5.41, 5.74) is 1.60. The molecule has 1 unspecified atom stereocenters. The number of carbonyl (C=O) groups excluding carboxylic acids is 2. The number of benzene rings is 2. The van der Waals surface area contributed by atoms with Crippen molar-refractivity contribution in [3.8, 4) is 17.2 Å². The number of fused-ring (bicyclic) bond motifs is 1. The minimum Gasteiger partial charge on any atom is -0.503 e. The van der Waals surface area contributed by atoms with Gasteiger partial charge in [-0.1, -0.05) is 24.3 Å². The molecule has 0 radical (unpaired) electrons. The Balaban J connectivity index is 1.62. The molecule has 1 aliphatic rings. The van der Waals surface area contributed by atoms with Crippen LogP contribution in [0, 0.1) is 0 Å². The first-order valence-electron chi connectivity index (χ1n) is 12.0. The predicted molar refractivity (Wildman–Crippen MR) is 138 cm³/mol. The Labute approximate surface area is 218 Å². The number of para-hydroxylation sites is 1. The summed E-state index contributed by atoms with van der Waals surface area (Å²) in [6, 6.07) is 14.7. The molecule has 38 heavy (non-hydrogen) atoms. The van der Waals surface area contributed by atoms with Crippen molar-refractivity contribution in [2.75, 3.05) is 20.8 Å². The molecule has 0 saturated heterocycles. The summed E-state index contributed by atoms with van der Waals surface area (Å²) in [7, 11) is 3.02. The summed E-state index contributed by atoms with van der Waals surface area (Å²) in [5, 5.41) is 11.7. The maximum absolute atomic E-state index is 13.9. The van der Waals surface area contributed by atoms with E-state index in [1.54, 1.807) is 60.9 Å². The molecule has 9 nitrogen and oxygen atoms in total. The number of ether oxygens (including phenoxy) is 3. The summed E-state index contributed by atoms with van der Waals surface area (Å²) in [6.07, 6.45) is 3.26. The van der Waals surface area contributed by atoms with Crippen molar-refractivity contribution in [3.05, 3.63) is 95.2 Å². The highest BCUT2D eigenvalue weighted by Crippen LogP contribution is 2.43. The van der Waals surface area contributed by atoms with E-state index >= 15 is 0 Å². The van der Waals surface area contributed by atoms with Crippen LogP contribution in [0.5, 0.6) is 17.2 Å². The van der Waals surface area contributed by atoms with Crippen LogP contribution in [0.2, 0.25) is 0 Å². The van der Waals surface area contributed by atoms with Crippen LogP contribution in [0.4, 0.5) is 0 Å². The third-order valence-electron chi connectivity index (χ3n) is 6.38. The van der Waals surface area contributed by atoms with Gasteiger partial charge in [0.2, 0.25) is 5.78 Å². The minimum atomic E-state index is -0.921. The second-order valence-corrected chi connectivity index (χ2v) is 8.62. The molecule has 2 aromatic carbocycles. The molecule has 4 aromatic rings. The van der Waals surface area contributed by atoms with Crippen LogP contribution < -0.4 is 14.2 Å². The Kier molecular flexibility index (Phi) is 6.74. The molecule has 0 fully saturated rings. The van der Waals surface area contributed by atoms with Crippen LogP contribution in [-0.2, 0) is 11.3 Å². The molecule has 1 N–H and O–H groups in total. The van der Waals surface area contributed by atoms with E-state index in [1.165, 1.54) is 19.1 Å². The lowest BCUT2D eigenvalue weighted by Crippen LogP contribution is -2.30. The number of furan rings is 1. The Morgan fingerprint density at radius 3 is 2.58 bits per heavy atom. The van der Waals surface area contributed by atoms with Crippen molar-refractivity contribution in [1.29, 1.82) is 0 Å². The average Bonchev–Trinajstić information content (AvgIpc) is 3.49. The summed E-state index contributed by atoms with van der Waals surface area (Å²) in [4.78, 5) is 32.8. The fraction of sp³-hybridized carbons (Fsp3) is 0.207. The van der Waals surface area contributed by atoms with Crippen molar-refractivity contribution in [1.82, 2.24) is 9.88 Å². The van der Waals surface area contributed by atoms with Gasteiger partial charge in [0.05, 0.1) is 32.4 Å². The van der Waals surface area contributed by atoms with E-state index in [-0.39, 0.29) is 17.9 Å². The van der Waals surface area contributed by atoms with Crippen molar-refractivity contribution in [2.24, 2.45) is 0 Å². The number of hydrogen-bond acceptors (Lipinski definition) is 8. The van der Waals surface area contributed by atoms with Gasteiger partial charge in [-0.25, -0.2) is 0 Å². The topological polar surface area (TPSA) is 111 Å². The van der Waals surface area contributed by atoms with Gasteiger partial charge in [0, 0.05) is 24.3 Å². The number of ketones is 1. The minimum absolute atomic E-state index is 0.0232. The molecule has 1 aliphatic heterocycles. The summed E-state index contributed by atoms with van der Waals surface area (Å²) < 4.78 is 22.4. The molecule has 0 aliphatic carbocycles. The zero-order chi connectivity index (χ0) is 26.8. The molecule has 5 rings (SSSR count). The third-order valence-corrected chi connectivity index (χ3v) is 6.38. The quantitative estimate of drug-likeness (QED) is 0.310. The standard InChI is InChI=1S/C29H26N2O7/c1-4-37-20-11-10-18(13-22(20)36-3)25-24(27(33)29(34)31(25)16-17-7-6-12-30-15-17)26(32)23-14-19-8-5-9-21(35-2)28(19)38-23/h5-15,25,33H,4,16H2,1-3H3. The highest BCUT2D eigenvalue weighted by molar-refractivity contribution is 6.16. The monoisotopic (exact) mass is 514 g/mol. The molecule has 194 valence electrons. The molecule has 2 aromatic heterocycles. The first-order chi connectivity index (χ1) is 18.5. The van der Waals surface area contributed by atoms with Gasteiger partial charge >= 0.3 is 0 Å². The van der Waals surface area contributed by atoms with Gasteiger partial charge in [0.1, 0.15) is 0 Å². The molecule has 1 atom stereocenters. The maximum Gasteiger partial charge on any atom is 0.290 e. The Morgan fingerprint density at radius 2 is 1.87 bits per heavy atom. The summed E-state index contributed by atoms with van der Waals surface area (Å²) in [6.45, 7) is 2.41. The van der Waals surface area contributed by atoms with Gasteiger partial charge in [0.25, 0.3) is 5.91 Å². The number of aliphatic hydroxyl groups excluding tert-OH is 1. The molecule has 0 saturated carbocycles. The Hall–Kier alpha value is -4.79. The Bertz CT molecular complexity index is 1540. The van der Waals surface area contributed by atoms with Crippen molar-refractivity contribution < 1.29 is 33.3 Å². The number of hydrogen-bond donors (Lipinski definition) is 1. The van der Waals surface area contributed by atoms with Gasteiger partial charge < -0.3 is 28.6 Å². The number of methoxy groups -OCH3 is 2. The van der Waals surface area contributed by atoms with Crippen molar-refractivity contribution in [2.45, 2.75) is 19.5 Å². The summed E-state index contributed by atoms with van der Waals surface area (Å²) in [5.74, 6) is -0.524. The van der Waals surface area contributed by atoms with E-state index in [0.29, 0.717) is 40.4 Å². The van der Waals surface area contributed by atoms with Gasteiger partial charge in [-0.15, -0.1) is 0 Å². The van der Waals surface area contributed by atoms with Crippen LogP contribution in [0.15, 0.2) is 82.7 Å². The number of nitrogens with zero attached hydrogens (tertiary/aromatic N) is 2. The predicted octanol–water partition coefficient (Wildman–Crippen LogP) is 5.02. The van der Waals surface area contributed by atoms with Gasteiger partial charge in [-0.2, -0.15) is 0 Å². The number of amides is 1. The van der Waals surface area contributed by atoms with E-state index in [9.17, 15) is 14.7 Å². The largest absolute Gasteiger partial charge is 0.503 e. The lowest BCUT2D eigenvalue weighted by molar-refractivity contribution is -0.130. The fourth-order valence-corrected chi connectivity index (χ4v) is 4.65. The molecule has 3 heterocycles. The first-order valence-corrected chi connectivity index (χ1v) is 12.0. The molecule has 0 spiro atoms.